The van der Waals surface area contributed by atoms with E-state index >= 15 is 0 Å². The van der Waals surface area contributed by atoms with Crippen molar-refractivity contribution in [1.29, 1.82) is 5.26 Å². The molecule has 12 heteroatoms. The third-order valence-corrected chi connectivity index (χ3v) is 7.23. The van der Waals surface area contributed by atoms with Gasteiger partial charge in [0, 0.05) is 28.5 Å². The summed E-state index contributed by atoms with van der Waals surface area (Å²) >= 11 is 2.77. The number of thiazole rings is 1. The number of aromatic nitrogens is 2. The highest BCUT2D eigenvalue weighted by Crippen LogP contribution is 2.42. The molecule has 2 heterocycles. The molecule has 0 aliphatic carbocycles. The van der Waals surface area contributed by atoms with Crippen LogP contribution in [0.25, 0.3) is 16.0 Å². The van der Waals surface area contributed by atoms with Crippen LogP contribution >= 0.6 is 23.1 Å². The predicted octanol–water partition coefficient (Wildman–Crippen LogP) is 4.99. The molecule has 1 unspecified atom stereocenters. The Labute approximate surface area is 233 Å². The molecule has 2 aromatic carbocycles. The van der Waals surface area contributed by atoms with E-state index in [1.54, 1.807) is 31.4 Å². The van der Waals surface area contributed by atoms with Crippen molar-refractivity contribution in [2.75, 3.05) is 31.4 Å². The van der Waals surface area contributed by atoms with Crippen LogP contribution < -0.4 is 20.5 Å². The zero-order chi connectivity index (χ0) is 27.8. The van der Waals surface area contributed by atoms with Crippen molar-refractivity contribution >= 4 is 45.4 Å². The summed E-state index contributed by atoms with van der Waals surface area (Å²) < 4.78 is 10.7. The maximum atomic E-state index is 10.0. The van der Waals surface area contributed by atoms with Gasteiger partial charge in [0.1, 0.15) is 41.1 Å². The summed E-state index contributed by atoms with van der Waals surface area (Å²) in [5.74, 6) is 1.68. The van der Waals surface area contributed by atoms with Gasteiger partial charge in [-0.1, -0.05) is 30.0 Å². The number of nitrogens with zero attached hydrogens (tertiary/aromatic N) is 4. The summed E-state index contributed by atoms with van der Waals surface area (Å²) in [6, 6.07) is 16.5. The molecule has 0 saturated heterocycles. The molecule has 198 valence electrons. The number of benzene rings is 2. The van der Waals surface area contributed by atoms with Crippen LogP contribution in [-0.2, 0) is 5.75 Å². The minimum absolute atomic E-state index is 0.0338. The normalized spacial score (nSPS) is 11.3. The summed E-state index contributed by atoms with van der Waals surface area (Å²) in [5.41, 5.74) is 9.12. The SMILES string of the molecule is [C-]#[N+]c1c(N)nc(SCc2csc(Nc3cccc(OC)c3)n2)c(C#N)c1-c1ccc(OCC(O)CO)cc1. The predicted molar refractivity (Wildman–Crippen MR) is 152 cm³/mol. The first-order valence-electron chi connectivity index (χ1n) is 11.6. The lowest BCUT2D eigenvalue weighted by molar-refractivity contribution is 0.0536. The van der Waals surface area contributed by atoms with Gasteiger partial charge < -0.3 is 30.7 Å². The van der Waals surface area contributed by atoms with E-state index in [-0.39, 0.29) is 23.7 Å². The zero-order valence-electron chi connectivity index (χ0n) is 20.8. The Morgan fingerprint density at radius 2 is 2.03 bits per heavy atom. The lowest BCUT2D eigenvalue weighted by Crippen LogP contribution is -2.21. The van der Waals surface area contributed by atoms with E-state index in [0.717, 1.165) is 17.1 Å². The average Bonchev–Trinajstić information content (AvgIpc) is 3.41. The van der Waals surface area contributed by atoms with Gasteiger partial charge in [-0.25, -0.2) is 14.8 Å². The molecule has 2 aromatic heterocycles. The Balaban J connectivity index is 1.55. The number of methoxy groups -OCH3 is 1. The minimum atomic E-state index is -0.991. The third-order valence-electron chi connectivity index (χ3n) is 5.41. The molecular formula is C27H24N6O4S2. The quantitative estimate of drug-likeness (QED) is 0.146. The zero-order valence-corrected chi connectivity index (χ0v) is 22.4. The highest BCUT2D eigenvalue weighted by atomic mass is 32.2. The van der Waals surface area contributed by atoms with Gasteiger partial charge in [-0.2, -0.15) is 5.26 Å². The number of nitriles is 1. The van der Waals surface area contributed by atoms with E-state index in [1.807, 2.05) is 29.6 Å². The maximum Gasteiger partial charge on any atom is 0.236 e. The number of nitrogens with one attached hydrogen (secondary N) is 1. The number of thioether (sulfide) groups is 1. The van der Waals surface area contributed by atoms with Gasteiger partial charge in [0.05, 0.1) is 31.5 Å². The van der Waals surface area contributed by atoms with Crippen molar-refractivity contribution in [1.82, 2.24) is 9.97 Å². The van der Waals surface area contributed by atoms with Gasteiger partial charge >= 0.3 is 0 Å². The average molecular weight is 561 g/mol. The van der Waals surface area contributed by atoms with Crippen LogP contribution in [0.1, 0.15) is 11.3 Å². The topological polar surface area (TPSA) is 151 Å². The first-order valence-corrected chi connectivity index (χ1v) is 13.4. The molecule has 4 aromatic rings. The van der Waals surface area contributed by atoms with Crippen molar-refractivity contribution in [2.45, 2.75) is 16.9 Å². The van der Waals surface area contributed by atoms with Crippen molar-refractivity contribution in [3.8, 4) is 28.7 Å². The Morgan fingerprint density at radius 3 is 2.72 bits per heavy atom. The summed E-state index contributed by atoms with van der Waals surface area (Å²) in [7, 11) is 1.61. The van der Waals surface area contributed by atoms with Gasteiger partial charge in [0.2, 0.25) is 5.69 Å². The second-order valence-electron chi connectivity index (χ2n) is 8.09. The molecule has 0 radical (unpaired) electrons. The fraction of sp³-hybridized carbons (Fsp3) is 0.185. The molecule has 0 aliphatic rings. The molecule has 0 bridgehead atoms. The van der Waals surface area contributed by atoms with E-state index < -0.39 is 12.7 Å². The molecule has 0 fully saturated rings. The number of hydrogen-bond acceptors (Lipinski definition) is 11. The molecule has 10 nitrogen and oxygen atoms in total. The van der Waals surface area contributed by atoms with Crippen LogP contribution in [0.4, 0.5) is 22.3 Å². The first-order chi connectivity index (χ1) is 18.9. The van der Waals surface area contributed by atoms with E-state index in [0.29, 0.717) is 32.8 Å². The lowest BCUT2D eigenvalue weighted by atomic mass is 10.00. The van der Waals surface area contributed by atoms with Crippen LogP contribution in [-0.4, -0.2) is 46.6 Å². The maximum absolute atomic E-state index is 10.0. The Morgan fingerprint density at radius 1 is 1.23 bits per heavy atom. The fourth-order valence-electron chi connectivity index (χ4n) is 3.53. The molecule has 0 aliphatic heterocycles. The van der Waals surface area contributed by atoms with E-state index in [9.17, 15) is 10.4 Å². The molecule has 5 N–H and O–H groups in total. The molecule has 39 heavy (non-hydrogen) atoms. The first kappa shape index (κ1) is 27.7. The summed E-state index contributed by atoms with van der Waals surface area (Å²) in [6.07, 6.45) is -0.991. The lowest BCUT2D eigenvalue weighted by Gasteiger charge is -2.14. The summed E-state index contributed by atoms with van der Waals surface area (Å²) in [4.78, 5) is 12.5. The van der Waals surface area contributed by atoms with Gasteiger partial charge in [0.15, 0.2) is 5.13 Å². The van der Waals surface area contributed by atoms with Crippen LogP contribution in [0.15, 0.2) is 58.9 Å². The Hall–Kier alpha value is -4.33. The van der Waals surface area contributed by atoms with Gasteiger partial charge in [-0.3, -0.25) is 0 Å². The summed E-state index contributed by atoms with van der Waals surface area (Å²) in [5, 5.41) is 34.8. The van der Waals surface area contributed by atoms with Crippen LogP contribution in [0, 0.1) is 17.9 Å². The number of nitrogen functional groups attached to an aromatic ring is 1. The highest BCUT2D eigenvalue weighted by Gasteiger charge is 2.21. The fourth-order valence-corrected chi connectivity index (χ4v) is 5.26. The summed E-state index contributed by atoms with van der Waals surface area (Å²) in [6.45, 7) is 7.17. The minimum Gasteiger partial charge on any atom is -0.497 e. The number of aliphatic hydroxyl groups is 2. The molecule has 0 spiro atoms. The second-order valence-corrected chi connectivity index (χ2v) is 9.91. The monoisotopic (exact) mass is 560 g/mol. The van der Waals surface area contributed by atoms with Crippen molar-refractivity contribution in [3.63, 3.8) is 0 Å². The van der Waals surface area contributed by atoms with Crippen molar-refractivity contribution < 1.29 is 19.7 Å². The smallest absolute Gasteiger partial charge is 0.236 e. The second kappa shape index (κ2) is 13.0. The van der Waals surface area contributed by atoms with Crippen LogP contribution in [0.5, 0.6) is 11.5 Å². The van der Waals surface area contributed by atoms with Gasteiger partial charge in [0.25, 0.3) is 0 Å². The third kappa shape index (κ3) is 6.76. The number of pyridine rings is 1. The molecular weight excluding hydrogens is 536 g/mol. The van der Waals surface area contributed by atoms with Crippen LogP contribution in [0.3, 0.4) is 0 Å². The van der Waals surface area contributed by atoms with E-state index in [1.165, 1.54) is 23.1 Å². The standard InChI is InChI=1S/C27H24N6O4S2/c1-30-24-23(16-6-8-20(9-7-16)37-13-19(35)12-34)22(11-28)26(33-25(24)29)38-14-18-15-39-27(32-18)31-17-4-3-5-21(10-17)36-2/h3-10,15,19,34-35H,12-14H2,2H3,(H2,29,33)(H,31,32). The van der Waals surface area contributed by atoms with E-state index in [4.69, 9.17) is 26.9 Å². The number of nitrogens with two attached hydrogens (primary N) is 1. The largest absolute Gasteiger partial charge is 0.497 e. The number of aliphatic hydroxyl groups excluding tert-OH is 2. The van der Waals surface area contributed by atoms with E-state index in [2.05, 4.69) is 26.2 Å². The van der Waals surface area contributed by atoms with Gasteiger partial charge in [-0.15, -0.1) is 11.3 Å². The van der Waals surface area contributed by atoms with Crippen molar-refractivity contribution in [3.05, 3.63) is 76.6 Å². The molecule has 4 rings (SSSR count). The highest BCUT2D eigenvalue weighted by molar-refractivity contribution is 7.98. The number of ether oxygens (including phenoxy) is 2. The number of hydrogen-bond donors (Lipinski definition) is 4. The molecule has 0 amide bonds. The number of anilines is 3. The van der Waals surface area contributed by atoms with Gasteiger partial charge in [-0.05, 0) is 29.8 Å². The van der Waals surface area contributed by atoms with Crippen LogP contribution in [0.2, 0.25) is 0 Å². The molecule has 0 saturated carbocycles. The molecule has 1 atom stereocenters. The Kier molecular flexibility index (Phi) is 9.20. The number of rotatable bonds is 11. The Bertz CT molecular complexity index is 1530. The van der Waals surface area contributed by atoms with Crippen molar-refractivity contribution in [2.24, 2.45) is 0 Å².